The van der Waals surface area contributed by atoms with Crippen LogP contribution in [-0.4, -0.2) is 44.5 Å². The number of hydrogen-bond donors (Lipinski definition) is 1. The summed E-state index contributed by atoms with van der Waals surface area (Å²) in [5.74, 6) is 0.625. The van der Waals surface area contributed by atoms with Gasteiger partial charge in [-0.2, -0.15) is 0 Å². The molecule has 92 valence electrons. The summed E-state index contributed by atoms with van der Waals surface area (Å²) in [7, 11) is -3.05. The average Bonchev–Trinajstić information content (AvgIpc) is 2.63. The predicted molar refractivity (Wildman–Crippen MR) is 60.3 cm³/mol. The van der Waals surface area contributed by atoms with Gasteiger partial charge in [0.1, 0.15) is 0 Å². The van der Waals surface area contributed by atoms with Crippen molar-refractivity contribution in [2.24, 2.45) is 11.8 Å². The Balaban J connectivity index is 1.92. The van der Waals surface area contributed by atoms with Crippen LogP contribution in [0.3, 0.4) is 0 Å². The predicted octanol–water partition coefficient (Wildman–Crippen LogP) is -0.206. The lowest BCUT2D eigenvalue weighted by molar-refractivity contribution is -0.124. The Morgan fingerprint density at radius 1 is 1.25 bits per heavy atom. The van der Waals surface area contributed by atoms with E-state index in [2.05, 4.69) is 5.32 Å². The molecule has 0 aromatic heterocycles. The van der Waals surface area contributed by atoms with E-state index in [9.17, 15) is 13.2 Å². The van der Waals surface area contributed by atoms with E-state index in [1.165, 1.54) is 10.6 Å². The van der Waals surface area contributed by atoms with Gasteiger partial charge in [0.05, 0.1) is 6.26 Å². The molecule has 16 heavy (non-hydrogen) atoms. The van der Waals surface area contributed by atoms with E-state index in [1.807, 2.05) is 0 Å². The summed E-state index contributed by atoms with van der Waals surface area (Å²) < 4.78 is 24.2. The summed E-state index contributed by atoms with van der Waals surface area (Å²) in [6.07, 6.45) is 3.77. The second-order valence-corrected chi connectivity index (χ2v) is 6.67. The zero-order valence-corrected chi connectivity index (χ0v) is 10.3. The molecule has 2 aliphatic rings. The van der Waals surface area contributed by atoms with E-state index >= 15 is 0 Å². The number of rotatable bonds is 2. The molecular weight excluding hydrogens is 228 g/mol. The summed E-state index contributed by atoms with van der Waals surface area (Å²) in [6, 6.07) is 0. The Hall–Kier alpha value is -0.620. The molecule has 6 heteroatoms. The van der Waals surface area contributed by atoms with Gasteiger partial charge in [-0.25, -0.2) is 12.7 Å². The Morgan fingerprint density at radius 2 is 1.88 bits per heavy atom. The van der Waals surface area contributed by atoms with E-state index in [4.69, 9.17) is 0 Å². The van der Waals surface area contributed by atoms with Crippen molar-refractivity contribution in [2.45, 2.75) is 19.3 Å². The van der Waals surface area contributed by atoms with Gasteiger partial charge in [0.2, 0.25) is 15.9 Å². The van der Waals surface area contributed by atoms with Crippen molar-refractivity contribution in [1.29, 1.82) is 0 Å². The van der Waals surface area contributed by atoms with Crippen LogP contribution in [0.5, 0.6) is 0 Å². The molecule has 1 atom stereocenters. The molecule has 0 bridgehead atoms. The molecule has 2 rings (SSSR count). The van der Waals surface area contributed by atoms with Crippen molar-refractivity contribution in [2.75, 3.05) is 25.9 Å². The summed E-state index contributed by atoms with van der Waals surface area (Å²) in [5.41, 5.74) is 0. The molecule has 1 unspecified atom stereocenters. The molecule has 0 aromatic carbocycles. The second kappa shape index (κ2) is 4.33. The molecular formula is C10H18N2O3S. The summed E-state index contributed by atoms with van der Waals surface area (Å²) >= 11 is 0. The van der Waals surface area contributed by atoms with Crippen molar-refractivity contribution < 1.29 is 13.2 Å². The number of carbonyl (C=O) groups excluding carboxylic acids is 1. The van der Waals surface area contributed by atoms with Crippen LogP contribution in [0.15, 0.2) is 0 Å². The molecule has 1 amide bonds. The molecule has 2 saturated heterocycles. The van der Waals surface area contributed by atoms with Crippen LogP contribution >= 0.6 is 0 Å². The van der Waals surface area contributed by atoms with E-state index < -0.39 is 10.0 Å². The topological polar surface area (TPSA) is 66.5 Å². The minimum atomic E-state index is -3.05. The standard InChI is InChI=1S/C10H18N2O3S/c1-16(14,15)12-6-3-8(4-7-12)9-2-5-11-10(9)13/h8-9H,2-7H2,1H3,(H,11,13). The SMILES string of the molecule is CS(=O)(=O)N1CCC(C2CCNC2=O)CC1. The van der Waals surface area contributed by atoms with Crippen LogP contribution in [0, 0.1) is 11.8 Å². The van der Waals surface area contributed by atoms with Crippen molar-refractivity contribution in [3.05, 3.63) is 0 Å². The summed E-state index contributed by atoms with van der Waals surface area (Å²) in [6.45, 7) is 1.90. The highest BCUT2D eigenvalue weighted by molar-refractivity contribution is 7.88. The summed E-state index contributed by atoms with van der Waals surface area (Å²) in [4.78, 5) is 11.5. The minimum absolute atomic E-state index is 0.113. The minimum Gasteiger partial charge on any atom is -0.356 e. The van der Waals surface area contributed by atoms with Crippen molar-refractivity contribution in [3.63, 3.8) is 0 Å². The number of amides is 1. The van der Waals surface area contributed by atoms with Crippen LogP contribution < -0.4 is 5.32 Å². The van der Waals surface area contributed by atoms with Crippen LogP contribution in [0.4, 0.5) is 0 Å². The van der Waals surface area contributed by atoms with Crippen LogP contribution in [0.25, 0.3) is 0 Å². The quantitative estimate of drug-likeness (QED) is 0.733. The number of carbonyl (C=O) groups is 1. The smallest absolute Gasteiger partial charge is 0.223 e. The fraction of sp³-hybridized carbons (Fsp3) is 0.900. The maximum Gasteiger partial charge on any atom is 0.223 e. The lowest BCUT2D eigenvalue weighted by Gasteiger charge is -2.32. The van der Waals surface area contributed by atoms with Crippen molar-refractivity contribution in [3.8, 4) is 0 Å². The Morgan fingerprint density at radius 3 is 2.31 bits per heavy atom. The largest absolute Gasteiger partial charge is 0.356 e. The Labute approximate surface area is 96.2 Å². The maximum atomic E-state index is 11.5. The van der Waals surface area contributed by atoms with Gasteiger partial charge in [-0.1, -0.05) is 0 Å². The fourth-order valence-electron chi connectivity index (χ4n) is 2.67. The Kier molecular flexibility index (Phi) is 3.21. The van der Waals surface area contributed by atoms with Gasteiger partial charge in [0, 0.05) is 25.6 Å². The third-order valence-electron chi connectivity index (χ3n) is 3.63. The molecule has 0 aliphatic carbocycles. The number of hydrogen-bond acceptors (Lipinski definition) is 3. The molecule has 0 radical (unpaired) electrons. The number of piperidine rings is 1. The molecule has 5 nitrogen and oxygen atoms in total. The van der Waals surface area contributed by atoms with E-state index in [-0.39, 0.29) is 11.8 Å². The normalized spacial score (nSPS) is 29.3. The van der Waals surface area contributed by atoms with Crippen LogP contribution in [0.1, 0.15) is 19.3 Å². The van der Waals surface area contributed by atoms with Gasteiger partial charge in [-0.15, -0.1) is 0 Å². The van der Waals surface area contributed by atoms with Crippen LogP contribution in [-0.2, 0) is 14.8 Å². The number of nitrogens with one attached hydrogen (secondary N) is 1. The lowest BCUT2D eigenvalue weighted by Crippen LogP contribution is -2.40. The van der Waals surface area contributed by atoms with Crippen molar-refractivity contribution >= 4 is 15.9 Å². The molecule has 2 heterocycles. The van der Waals surface area contributed by atoms with E-state index in [0.717, 1.165) is 25.8 Å². The fourth-order valence-corrected chi connectivity index (χ4v) is 3.55. The van der Waals surface area contributed by atoms with Gasteiger partial charge in [-0.05, 0) is 25.2 Å². The second-order valence-electron chi connectivity index (χ2n) is 4.69. The number of nitrogens with zero attached hydrogens (tertiary/aromatic N) is 1. The Bertz CT molecular complexity index is 372. The first-order chi connectivity index (χ1) is 7.48. The highest BCUT2D eigenvalue weighted by Gasteiger charge is 2.35. The van der Waals surface area contributed by atoms with Crippen LogP contribution in [0.2, 0.25) is 0 Å². The molecule has 0 aromatic rings. The van der Waals surface area contributed by atoms with E-state index in [1.54, 1.807) is 0 Å². The molecule has 0 saturated carbocycles. The highest BCUT2D eigenvalue weighted by atomic mass is 32.2. The van der Waals surface area contributed by atoms with Gasteiger partial charge in [0.25, 0.3) is 0 Å². The molecule has 1 N–H and O–H groups in total. The first-order valence-electron chi connectivity index (χ1n) is 5.71. The zero-order chi connectivity index (χ0) is 11.8. The molecule has 0 spiro atoms. The molecule has 2 fully saturated rings. The van der Waals surface area contributed by atoms with E-state index in [0.29, 0.717) is 19.0 Å². The lowest BCUT2D eigenvalue weighted by atomic mass is 9.84. The highest BCUT2D eigenvalue weighted by Crippen LogP contribution is 2.30. The van der Waals surface area contributed by atoms with Crippen molar-refractivity contribution in [1.82, 2.24) is 9.62 Å². The first-order valence-corrected chi connectivity index (χ1v) is 7.56. The average molecular weight is 246 g/mol. The maximum absolute atomic E-state index is 11.5. The third kappa shape index (κ3) is 2.38. The first kappa shape index (κ1) is 11.9. The van der Waals surface area contributed by atoms with Gasteiger partial charge in [-0.3, -0.25) is 4.79 Å². The molecule has 2 aliphatic heterocycles. The zero-order valence-electron chi connectivity index (χ0n) is 9.48. The van der Waals surface area contributed by atoms with Gasteiger partial charge in [0.15, 0.2) is 0 Å². The van der Waals surface area contributed by atoms with Gasteiger partial charge >= 0.3 is 0 Å². The third-order valence-corrected chi connectivity index (χ3v) is 4.93. The monoisotopic (exact) mass is 246 g/mol. The number of sulfonamides is 1. The van der Waals surface area contributed by atoms with Gasteiger partial charge < -0.3 is 5.32 Å². The summed E-state index contributed by atoms with van der Waals surface area (Å²) in [5, 5.41) is 2.84.